The lowest BCUT2D eigenvalue weighted by Gasteiger charge is -1.97. The van der Waals surface area contributed by atoms with Crippen LogP contribution in [0.1, 0.15) is 0 Å². The molecule has 0 rings (SSSR count). The average Bonchev–Trinajstić information content (AvgIpc) is 1.83. The van der Waals surface area contributed by atoms with Crippen LogP contribution in [0.2, 0.25) is 0 Å². The lowest BCUT2D eigenvalue weighted by atomic mass is 11.0. The zero-order chi connectivity index (χ0) is 6.41. The van der Waals surface area contributed by atoms with Crippen LogP contribution in [-0.4, -0.2) is 25.5 Å². The lowest BCUT2D eigenvalue weighted by molar-refractivity contribution is 1.14. The van der Waals surface area contributed by atoms with E-state index < -0.39 is 0 Å². The number of nitrogens with zero attached hydrogens (tertiary/aromatic N) is 1. The first-order chi connectivity index (χ1) is 3.81. The van der Waals surface area contributed by atoms with Crippen molar-refractivity contribution in [3.8, 4) is 0 Å². The Bertz CT molecular complexity index is 99.5. The van der Waals surface area contributed by atoms with Crippen molar-refractivity contribution in [1.29, 1.82) is 0 Å². The molecule has 0 radical (unpaired) electrons. The molecule has 0 atom stereocenters. The number of thiocarbonyl (C=S) groups is 1. The summed E-state index contributed by atoms with van der Waals surface area (Å²) in [5.74, 6) is 0. The standard InChI is InChI=1S/C4H9N3S/c1-5-3-7-4(8)6-2/h3H,1-2H3,(H2,5,6,7,8). The number of rotatable bonds is 1. The summed E-state index contributed by atoms with van der Waals surface area (Å²) in [6.07, 6.45) is 1.53. The molecule has 0 bridgehead atoms. The Morgan fingerprint density at radius 1 is 1.75 bits per heavy atom. The van der Waals surface area contributed by atoms with E-state index in [-0.39, 0.29) is 0 Å². The highest BCUT2D eigenvalue weighted by atomic mass is 32.1. The van der Waals surface area contributed by atoms with Crippen LogP contribution < -0.4 is 10.6 Å². The van der Waals surface area contributed by atoms with E-state index in [4.69, 9.17) is 12.2 Å². The summed E-state index contributed by atoms with van der Waals surface area (Å²) < 4.78 is 0. The lowest BCUT2D eigenvalue weighted by Crippen LogP contribution is -2.31. The van der Waals surface area contributed by atoms with Crippen molar-refractivity contribution in [2.45, 2.75) is 0 Å². The molecule has 0 aliphatic heterocycles. The van der Waals surface area contributed by atoms with Crippen LogP contribution in [0.25, 0.3) is 0 Å². The van der Waals surface area contributed by atoms with Gasteiger partial charge in [0.25, 0.3) is 0 Å². The Hall–Kier alpha value is -0.640. The van der Waals surface area contributed by atoms with Crippen LogP contribution in [0.4, 0.5) is 0 Å². The Labute approximate surface area is 54.2 Å². The largest absolute Gasteiger partial charge is 0.366 e. The normalized spacial score (nSPS) is 9.25. The van der Waals surface area contributed by atoms with Gasteiger partial charge in [-0.25, -0.2) is 0 Å². The van der Waals surface area contributed by atoms with Gasteiger partial charge in [-0.15, -0.1) is 0 Å². The Balaban J connectivity index is 3.25. The fourth-order valence-corrected chi connectivity index (χ4v) is 0.248. The van der Waals surface area contributed by atoms with E-state index in [1.165, 1.54) is 6.34 Å². The van der Waals surface area contributed by atoms with Gasteiger partial charge in [0.1, 0.15) is 0 Å². The molecule has 0 aromatic heterocycles. The van der Waals surface area contributed by atoms with Gasteiger partial charge in [-0.1, -0.05) is 0 Å². The van der Waals surface area contributed by atoms with Crippen molar-refractivity contribution in [1.82, 2.24) is 10.6 Å². The van der Waals surface area contributed by atoms with Crippen molar-refractivity contribution < 1.29 is 0 Å². The smallest absolute Gasteiger partial charge is 0.171 e. The number of aliphatic imine (C=N–C) groups is 1. The van der Waals surface area contributed by atoms with Crippen LogP contribution >= 0.6 is 12.2 Å². The second-order valence-electron chi connectivity index (χ2n) is 1.11. The Morgan fingerprint density at radius 2 is 2.38 bits per heavy atom. The van der Waals surface area contributed by atoms with Crippen LogP contribution in [0.5, 0.6) is 0 Å². The fraction of sp³-hybridized carbons (Fsp3) is 0.500. The average molecular weight is 131 g/mol. The molecule has 0 saturated heterocycles. The Kier molecular flexibility index (Phi) is 4.16. The van der Waals surface area contributed by atoms with Crippen molar-refractivity contribution >= 4 is 23.7 Å². The van der Waals surface area contributed by atoms with Gasteiger partial charge in [-0.05, 0) is 12.2 Å². The van der Waals surface area contributed by atoms with Crippen LogP contribution in [-0.2, 0) is 0 Å². The van der Waals surface area contributed by atoms with Gasteiger partial charge >= 0.3 is 0 Å². The highest BCUT2D eigenvalue weighted by Gasteiger charge is 1.79. The maximum atomic E-state index is 4.71. The molecular weight excluding hydrogens is 122 g/mol. The fourth-order valence-electron chi connectivity index (χ4n) is 0.195. The van der Waals surface area contributed by atoms with Gasteiger partial charge in [0, 0.05) is 14.1 Å². The molecular formula is C4H9N3S. The molecule has 3 nitrogen and oxygen atoms in total. The molecule has 2 N–H and O–H groups in total. The molecule has 0 unspecified atom stereocenters. The molecule has 0 aliphatic rings. The third-order valence-electron chi connectivity index (χ3n) is 0.552. The van der Waals surface area contributed by atoms with Gasteiger partial charge in [0.05, 0.1) is 6.34 Å². The minimum Gasteiger partial charge on any atom is -0.366 e. The van der Waals surface area contributed by atoms with E-state index in [1.54, 1.807) is 14.1 Å². The predicted molar refractivity (Wildman–Crippen MR) is 39.2 cm³/mol. The molecule has 4 heteroatoms. The number of hydrogen-bond acceptors (Lipinski definition) is 2. The van der Waals surface area contributed by atoms with Crippen molar-refractivity contribution in [2.75, 3.05) is 14.1 Å². The van der Waals surface area contributed by atoms with Crippen LogP contribution in [0, 0.1) is 0 Å². The first-order valence-electron chi connectivity index (χ1n) is 2.20. The summed E-state index contributed by atoms with van der Waals surface area (Å²) in [7, 11) is 3.42. The van der Waals surface area contributed by atoms with Crippen LogP contribution in [0.3, 0.4) is 0 Å². The monoisotopic (exact) mass is 131 g/mol. The van der Waals surface area contributed by atoms with Crippen molar-refractivity contribution in [3.63, 3.8) is 0 Å². The van der Waals surface area contributed by atoms with Gasteiger partial charge < -0.3 is 10.6 Å². The highest BCUT2D eigenvalue weighted by Crippen LogP contribution is 1.56. The molecule has 0 heterocycles. The zero-order valence-electron chi connectivity index (χ0n) is 4.93. The maximum absolute atomic E-state index is 4.71. The quantitative estimate of drug-likeness (QED) is 0.292. The summed E-state index contributed by atoms with van der Waals surface area (Å²) in [6.45, 7) is 0. The molecule has 0 spiro atoms. The molecule has 0 aromatic carbocycles. The van der Waals surface area contributed by atoms with E-state index in [2.05, 4.69) is 15.6 Å². The first kappa shape index (κ1) is 7.36. The molecule has 0 fully saturated rings. The van der Waals surface area contributed by atoms with E-state index in [0.717, 1.165) is 0 Å². The topological polar surface area (TPSA) is 36.4 Å². The molecule has 0 aromatic rings. The minimum atomic E-state index is 0.579. The second kappa shape index (κ2) is 4.52. The second-order valence-corrected chi connectivity index (χ2v) is 1.52. The third-order valence-corrected chi connectivity index (χ3v) is 0.874. The van der Waals surface area contributed by atoms with Gasteiger partial charge in [0.15, 0.2) is 5.11 Å². The maximum Gasteiger partial charge on any atom is 0.171 e. The summed E-state index contributed by atoms with van der Waals surface area (Å²) >= 11 is 4.71. The molecule has 0 saturated carbocycles. The summed E-state index contributed by atoms with van der Waals surface area (Å²) in [4.78, 5) is 3.66. The van der Waals surface area contributed by atoms with Gasteiger partial charge in [-0.2, -0.15) is 0 Å². The SMILES string of the molecule is CN=CNC(=S)NC. The predicted octanol–water partition coefficient (Wildman–Crippen LogP) is -0.262. The molecule has 46 valence electrons. The minimum absolute atomic E-state index is 0.579. The van der Waals surface area contributed by atoms with E-state index in [1.807, 2.05) is 0 Å². The summed E-state index contributed by atoms with van der Waals surface area (Å²) in [6, 6.07) is 0. The van der Waals surface area contributed by atoms with Crippen LogP contribution in [0.15, 0.2) is 4.99 Å². The molecule has 0 amide bonds. The van der Waals surface area contributed by atoms with E-state index in [0.29, 0.717) is 5.11 Å². The number of nitrogens with one attached hydrogen (secondary N) is 2. The molecule has 8 heavy (non-hydrogen) atoms. The van der Waals surface area contributed by atoms with E-state index >= 15 is 0 Å². The number of hydrogen-bond donors (Lipinski definition) is 2. The highest BCUT2D eigenvalue weighted by molar-refractivity contribution is 7.80. The van der Waals surface area contributed by atoms with Crippen molar-refractivity contribution in [2.24, 2.45) is 4.99 Å². The molecule has 0 aliphatic carbocycles. The summed E-state index contributed by atoms with van der Waals surface area (Å²) in [5, 5.41) is 6.02. The first-order valence-corrected chi connectivity index (χ1v) is 2.61. The summed E-state index contributed by atoms with van der Waals surface area (Å²) in [5.41, 5.74) is 0. The third kappa shape index (κ3) is 3.55. The van der Waals surface area contributed by atoms with Gasteiger partial charge in [-0.3, -0.25) is 4.99 Å². The van der Waals surface area contributed by atoms with Crippen molar-refractivity contribution in [3.05, 3.63) is 0 Å². The van der Waals surface area contributed by atoms with E-state index in [9.17, 15) is 0 Å². The Morgan fingerprint density at radius 3 is 2.75 bits per heavy atom. The van der Waals surface area contributed by atoms with Gasteiger partial charge in [0.2, 0.25) is 0 Å². The zero-order valence-corrected chi connectivity index (χ0v) is 5.75.